The van der Waals surface area contributed by atoms with Crippen LogP contribution in [0.15, 0.2) is 0 Å². The number of hydrogen-bond acceptors (Lipinski definition) is 4. The molecule has 0 aliphatic heterocycles. The molecule has 1 aromatic rings. The SMILES string of the molecule is COC(=O)c1c(C)c(C(=O)OC)n(C)c1C. The summed E-state index contributed by atoms with van der Waals surface area (Å²) in [7, 11) is 4.33. The van der Waals surface area contributed by atoms with Crippen LogP contribution in [0.4, 0.5) is 0 Å². The molecule has 1 aromatic heterocycles. The number of aromatic nitrogens is 1. The molecule has 1 heterocycles. The fourth-order valence-corrected chi connectivity index (χ4v) is 1.77. The third kappa shape index (κ3) is 1.68. The first-order valence-electron chi connectivity index (χ1n) is 4.78. The number of ether oxygens (including phenoxy) is 2. The van der Waals surface area contributed by atoms with Gasteiger partial charge in [-0.1, -0.05) is 0 Å². The molecule has 0 unspecified atom stereocenters. The Morgan fingerprint density at radius 1 is 1.06 bits per heavy atom. The zero-order valence-electron chi connectivity index (χ0n) is 10.1. The van der Waals surface area contributed by atoms with Gasteiger partial charge in [0.15, 0.2) is 0 Å². The van der Waals surface area contributed by atoms with Gasteiger partial charge in [-0.05, 0) is 19.4 Å². The fourth-order valence-electron chi connectivity index (χ4n) is 1.77. The number of rotatable bonds is 2. The fraction of sp³-hybridized carbons (Fsp3) is 0.455. The third-order valence-electron chi connectivity index (χ3n) is 2.70. The van der Waals surface area contributed by atoms with Gasteiger partial charge in [0.1, 0.15) is 5.69 Å². The normalized spacial score (nSPS) is 10.1. The molecule has 0 saturated heterocycles. The molecule has 88 valence electrons. The van der Waals surface area contributed by atoms with Gasteiger partial charge in [0.2, 0.25) is 0 Å². The molecule has 5 nitrogen and oxygen atoms in total. The van der Waals surface area contributed by atoms with Crippen molar-refractivity contribution in [1.82, 2.24) is 4.57 Å². The summed E-state index contributed by atoms with van der Waals surface area (Å²) in [6.45, 7) is 3.46. The molecule has 0 aromatic carbocycles. The second-order valence-corrected chi connectivity index (χ2v) is 3.48. The molecular formula is C11H15NO4. The van der Waals surface area contributed by atoms with E-state index in [0.717, 1.165) is 0 Å². The summed E-state index contributed by atoms with van der Waals surface area (Å²) in [6.07, 6.45) is 0. The number of methoxy groups -OCH3 is 2. The molecule has 1 rings (SSSR count). The highest BCUT2D eigenvalue weighted by Crippen LogP contribution is 2.22. The molecule has 0 N–H and O–H groups in total. The number of esters is 2. The minimum absolute atomic E-state index is 0.375. The predicted molar refractivity (Wildman–Crippen MR) is 57.6 cm³/mol. The molecule has 0 fully saturated rings. The van der Waals surface area contributed by atoms with Crippen LogP contribution in [0.1, 0.15) is 32.1 Å². The van der Waals surface area contributed by atoms with E-state index in [1.54, 1.807) is 25.5 Å². The number of nitrogens with zero attached hydrogens (tertiary/aromatic N) is 1. The van der Waals surface area contributed by atoms with E-state index in [0.29, 0.717) is 22.5 Å². The molecule has 0 atom stereocenters. The second kappa shape index (κ2) is 4.38. The maximum absolute atomic E-state index is 11.5. The van der Waals surface area contributed by atoms with E-state index in [4.69, 9.17) is 0 Å². The van der Waals surface area contributed by atoms with Gasteiger partial charge in [-0.15, -0.1) is 0 Å². The van der Waals surface area contributed by atoms with Gasteiger partial charge in [-0.2, -0.15) is 0 Å². The monoisotopic (exact) mass is 225 g/mol. The average molecular weight is 225 g/mol. The van der Waals surface area contributed by atoms with Gasteiger partial charge in [0.05, 0.1) is 19.8 Å². The van der Waals surface area contributed by atoms with Crippen molar-refractivity contribution in [2.75, 3.05) is 14.2 Å². The number of carbonyl (C=O) groups is 2. The quantitative estimate of drug-likeness (QED) is 0.710. The van der Waals surface area contributed by atoms with Crippen LogP contribution in [-0.2, 0) is 16.5 Å². The zero-order valence-corrected chi connectivity index (χ0v) is 10.1. The highest BCUT2D eigenvalue weighted by Gasteiger charge is 2.25. The summed E-state index contributed by atoms with van der Waals surface area (Å²) >= 11 is 0. The minimum Gasteiger partial charge on any atom is -0.465 e. The van der Waals surface area contributed by atoms with E-state index < -0.39 is 11.9 Å². The van der Waals surface area contributed by atoms with Crippen LogP contribution in [0.2, 0.25) is 0 Å². The molecule has 5 heteroatoms. The Morgan fingerprint density at radius 3 is 2.00 bits per heavy atom. The molecule has 16 heavy (non-hydrogen) atoms. The first-order valence-corrected chi connectivity index (χ1v) is 4.78. The van der Waals surface area contributed by atoms with E-state index in [2.05, 4.69) is 9.47 Å². The van der Waals surface area contributed by atoms with Crippen LogP contribution in [0.25, 0.3) is 0 Å². The molecule has 0 aliphatic rings. The van der Waals surface area contributed by atoms with Crippen molar-refractivity contribution in [3.05, 3.63) is 22.5 Å². The first-order chi connectivity index (χ1) is 7.45. The molecule has 0 bridgehead atoms. The smallest absolute Gasteiger partial charge is 0.354 e. The molecular weight excluding hydrogens is 210 g/mol. The highest BCUT2D eigenvalue weighted by molar-refractivity contribution is 5.98. The lowest BCUT2D eigenvalue weighted by Gasteiger charge is -2.03. The van der Waals surface area contributed by atoms with Crippen LogP contribution in [0, 0.1) is 13.8 Å². The van der Waals surface area contributed by atoms with Crippen molar-refractivity contribution in [2.45, 2.75) is 13.8 Å². The Kier molecular flexibility index (Phi) is 3.37. The van der Waals surface area contributed by atoms with E-state index >= 15 is 0 Å². The minimum atomic E-state index is -0.460. The zero-order chi connectivity index (χ0) is 12.5. The summed E-state index contributed by atoms with van der Waals surface area (Å²) in [5, 5.41) is 0. The number of hydrogen-bond donors (Lipinski definition) is 0. The Bertz CT molecular complexity index is 406. The second-order valence-electron chi connectivity index (χ2n) is 3.48. The van der Waals surface area contributed by atoms with E-state index in [-0.39, 0.29) is 0 Å². The topological polar surface area (TPSA) is 57.5 Å². The maximum atomic E-state index is 11.5. The van der Waals surface area contributed by atoms with Gasteiger partial charge in [-0.25, -0.2) is 9.59 Å². The van der Waals surface area contributed by atoms with Crippen LogP contribution in [-0.4, -0.2) is 30.7 Å². The van der Waals surface area contributed by atoms with Crippen molar-refractivity contribution in [2.24, 2.45) is 7.05 Å². The first kappa shape index (κ1) is 12.3. The van der Waals surface area contributed by atoms with Crippen molar-refractivity contribution in [3.8, 4) is 0 Å². The summed E-state index contributed by atoms with van der Waals surface area (Å²) in [5.41, 5.74) is 2.06. The Labute approximate surface area is 94.0 Å². The van der Waals surface area contributed by atoms with Crippen LogP contribution < -0.4 is 0 Å². The predicted octanol–water partition coefficient (Wildman–Crippen LogP) is 1.22. The molecule has 0 radical (unpaired) electrons. The van der Waals surface area contributed by atoms with E-state index in [1.807, 2.05) is 0 Å². The van der Waals surface area contributed by atoms with Crippen molar-refractivity contribution in [1.29, 1.82) is 0 Å². The van der Waals surface area contributed by atoms with Crippen molar-refractivity contribution >= 4 is 11.9 Å². The largest absolute Gasteiger partial charge is 0.465 e. The molecule has 0 amide bonds. The lowest BCUT2D eigenvalue weighted by Crippen LogP contribution is -2.09. The summed E-state index contributed by atoms with van der Waals surface area (Å²) < 4.78 is 11.0. The average Bonchev–Trinajstić information content (AvgIpc) is 2.49. The Morgan fingerprint density at radius 2 is 1.56 bits per heavy atom. The third-order valence-corrected chi connectivity index (χ3v) is 2.70. The summed E-state index contributed by atoms with van der Waals surface area (Å²) in [4.78, 5) is 23.1. The van der Waals surface area contributed by atoms with Gasteiger partial charge in [0.25, 0.3) is 0 Å². The van der Waals surface area contributed by atoms with Crippen LogP contribution >= 0.6 is 0 Å². The molecule has 0 saturated carbocycles. The standard InChI is InChI=1S/C11H15NO4/c1-6-8(10(13)15-4)7(2)12(3)9(6)11(14)16-5/h1-5H3. The molecule has 0 spiro atoms. The Hall–Kier alpha value is -1.78. The lowest BCUT2D eigenvalue weighted by atomic mass is 10.1. The lowest BCUT2D eigenvalue weighted by molar-refractivity contribution is 0.0587. The van der Waals surface area contributed by atoms with Gasteiger partial charge in [-0.3, -0.25) is 0 Å². The van der Waals surface area contributed by atoms with Crippen molar-refractivity contribution in [3.63, 3.8) is 0 Å². The molecule has 0 aliphatic carbocycles. The van der Waals surface area contributed by atoms with E-state index in [1.165, 1.54) is 14.2 Å². The van der Waals surface area contributed by atoms with E-state index in [9.17, 15) is 9.59 Å². The van der Waals surface area contributed by atoms with Crippen LogP contribution in [0.5, 0.6) is 0 Å². The Balaban J connectivity index is 3.45. The summed E-state index contributed by atoms with van der Waals surface area (Å²) in [5.74, 6) is -0.904. The van der Waals surface area contributed by atoms with Gasteiger partial charge >= 0.3 is 11.9 Å². The van der Waals surface area contributed by atoms with Crippen LogP contribution in [0.3, 0.4) is 0 Å². The van der Waals surface area contributed by atoms with Gasteiger partial charge in [0, 0.05) is 12.7 Å². The summed E-state index contributed by atoms with van der Waals surface area (Å²) in [6, 6.07) is 0. The van der Waals surface area contributed by atoms with Crippen molar-refractivity contribution < 1.29 is 19.1 Å². The highest BCUT2D eigenvalue weighted by atomic mass is 16.5. The number of carbonyl (C=O) groups excluding carboxylic acids is 2. The maximum Gasteiger partial charge on any atom is 0.354 e. The van der Waals surface area contributed by atoms with Gasteiger partial charge < -0.3 is 14.0 Å².